The summed E-state index contributed by atoms with van der Waals surface area (Å²) in [7, 11) is 1.90. The quantitative estimate of drug-likeness (QED) is 0.876. The number of imidazole rings is 1. The third-order valence-corrected chi connectivity index (χ3v) is 3.87. The maximum atomic E-state index is 13.4. The first-order valence-electron chi connectivity index (χ1n) is 5.86. The van der Waals surface area contributed by atoms with Crippen molar-refractivity contribution in [2.24, 2.45) is 12.8 Å². The number of hydrogen-bond donors (Lipinski definition) is 1. The van der Waals surface area contributed by atoms with Crippen molar-refractivity contribution in [1.82, 2.24) is 9.55 Å². The third kappa shape index (κ3) is 3.01. The molecule has 1 aromatic carbocycles. The number of nitrogens with two attached hydrogens (primary N) is 1. The van der Waals surface area contributed by atoms with E-state index in [1.165, 1.54) is 6.07 Å². The average molecular weight is 330 g/mol. The van der Waals surface area contributed by atoms with Gasteiger partial charge in [-0.3, -0.25) is 0 Å². The van der Waals surface area contributed by atoms with Crippen LogP contribution in [0.2, 0.25) is 0 Å². The molecule has 0 amide bonds. The zero-order valence-electron chi connectivity index (χ0n) is 10.4. The Morgan fingerprint density at radius 3 is 2.79 bits per heavy atom. The van der Waals surface area contributed by atoms with Crippen LogP contribution in [0.15, 0.2) is 29.0 Å². The van der Waals surface area contributed by atoms with Crippen LogP contribution in [0, 0.1) is 11.6 Å². The van der Waals surface area contributed by atoms with Crippen LogP contribution in [0.25, 0.3) is 0 Å². The first kappa shape index (κ1) is 14.1. The smallest absolute Gasteiger partial charge is 0.173 e. The highest BCUT2D eigenvalue weighted by atomic mass is 79.9. The second-order valence-corrected chi connectivity index (χ2v) is 5.16. The molecule has 1 unspecified atom stereocenters. The molecule has 2 N–H and O–H groups in total. The molecule has 0 aliphatic heterocycles. The fourth-order valence-electron chi connectivity index (χ4n) is 1.90. The molecule has 0 spiro atoms. The monoisotopic (exact) mass is 329 g/mol. The summed E-state index contributed by atoms with van der Waals surface area (Å²) in [6.45, 7) is 0. The molecular weight excluding hydrogens is 316 g/mol. The molecule has 0 aliphatic rings. The summed E-state index contributed by atoms with van der Waals surface area (Å²) in [5.41, 5.74) is 6.59. The third-order valence-electron chi connectivity index (χ3n) is 3.06. The van der Waals surface area contributed by atoms with Crippen LogP contribution < -0.4 is 5.73 Å². The molecule has 1 heterocycles. The zero-order valence-corrected chi connectivity index (χ0v) is 12.0. The Bertz CT molecular complexity index is 583. The zero-order chi connectivity index (χ0) is 14.0. The number of halogens is 3. The number of aromatic nitrogens is 2. The van der Waals surface area contributed by atoms with Gasteiger partial charge in [0.25, 0.3) is 0 Å². The molecule has 0 saturated heterocycles. The minimum absolute atomic E-state index is 0.0971. The Balaban J connectivity index is 2.10. The Kier molecular flexibility index (Phi) is 4.31. The van der Waals surface area contributed by atoms with E-state index in [0.29, 0.717) is 18.4 Å². The molecule has 0 radical (unpaired) electrons. The van der Waals surface area contributed by atoms with Crippen LogP contribution in [-0.4, -0.2) is 9.55 Å². The fraction of sp³-hybridized carbons (Fsp3) is 0.308. The number of hydrogen-bond acceptors (Lipinski definition) is 2. The van der Waals surface area contributed by atoms with E-state index in [4.69, 9.17) is 5.73 Å². The van der Waals surface area contributed by atoms with Gasteiger partial charge in [0.05, 0.1) is 4.47 Å². The molecule has 0 saturated carbocycles. The summed E-state index contributed by atoms with van der Waals surface area (Å²) in [5, 5.41) is 0. The Morgan fingerprint density at radius 1 is 1.42 bits per heavy atom. The molecule has 0 aliphatic carbocycles. The molecular formula is C13H14BrF2N3. The highest BCUT2D eigenvalue weighted by Crippen LogP contribution is 2.28. The van der Waals surface area contributed by atoms with E-state index in [1.807, 2.05) is 17.8 Å². The van der Waals surface area contributed by atoms with E-state index < -0.39 is 11.6 Å². The van der Waals surface area contributed by atoms with Gasteiger partial charge in [0.15, 0.2) is 11.6 Å². The van der Waals surface area contributed by atoms with Crippen molar-refractivity contribution < 1.29 is 8.78 Å². The molecule has 1 atom stereocenters. The van der Waals surface area contributed by atoms with E-state index in [1.54, 1.807) is 6.20 Å². The molecule has 2 rings (SSSR count). The molecule has 102 valence electrons. The van der Waals surface area contributed by atoms with Gasteiger partial charge in [-0.25, -0.2) is 13.8 Å². The number of nitrogens with zero attached hydrogens (tertiary/aromatic N) is 2. The van der Waals surface area contributed by atoms with Gasteiger partial charge < -0.3 is 10.3 Å². The molecule has 3 nitrogen and oxygen atoms in total. The van der Waals surface area contributed by atoms with Crippen molar-refractivity contribution in [2.45, 2.75) is 18.9 Å². The van der Waals surface area contributed by atoms with Gasteiger partial charge in [-0.1, -0.05) is 6.07 Å². The normalized spacial score (nSPS) is 12.7. The van der Waals surface area contributed by atoms with E-state index in [2.05, 4.69) is 20.9 Å². The fourth-order valence-corrected chi connectivity index (χ4v) is 2.52. The van der Waals surface area contributed by atoms with E-state index >= 15 is 0 Å². The van der Waals surface area contributed by atoms with E-state index in [9.17, 15) is 8.78 Å². The highest BCUT2D eigenvalue weighted by Gasteiger charge is 2.16. The number of rotatable bonds is 4. The second-order valence-electron chi connectivity index (χ2n) is 4.36. The highest BCUT2D eigenvalue weighted by molar-refractivity contribution is 9.10. The van der Waals surface area contributed by atoms with Crippen LogP contribution in [0.4, 0.5) is 8.78 Å². The van der Waals surface area contributed by atoms with Crippen molar-refractivity contribution in [3.05, 3.63) is 52.0 Å². The summed E-state index contributed by atoms with van der Waals surface area (Å²) >= 11 is 3.05. The molecule has 1 aromatic heterocycles. The summed E-state index contributed by atoms with van der Waals surface area (Å²) in [6, 6.07) is 2.22. The molecule has 2 aromatic rings. The van der Waals surface area contributed by atoms with Crippen molar-refractivity contribution >= 4 is 15.9 Å². The standard InChI is InChI=1S/C13H14BrF2N3/c1-19-7-6-18-11(19)5-4-10(17)8-2-3-9(15)13(16)12(8)14/h2-3,6-7,10H,4-5,17H2,1H3. The van der Waals surface area contributed by atoms with Gasteiger partial charge in [0.2, 0.25) is 0 Å². The SMILES string of the molecule is Cn1ccnc1CCC(N)c1ccc(F)c(F)c1Br. The minimum Gasteiger partial charge on any atom is -0.338 e. The van der Waals surface area contributed by atoms with Crippen molar-refractivity contribution in [1.29, 1.82) is 0 Å². The second kappa shape index (κ2) is 5.79. The van der Waals surface area contributed by atoms with Gasteiger partial charge in [0.1, 0.15) is 5.82 Å². The minimum atomic E-state index is -0.898. The van der Waals surface area contributed by atoms with Gasteiger partial charge in [-0.2, -0.15) is 0 Å². The number of benzene rings is 1. The van der Waals surface area contributed by atoms with Crippen LogP contribution >= 0.6 is 15.9 Å². The average Bonchev–Trinajstić information content (AvgIpc) is 2.79. The first-order valence-corrected chi connectivity index (χ1v) is 6.65. The van der Waals surface area contributed by atoms with Crippen molar-refractivity contribution in [3.8, 4) is 0 Å². The molecule has 0 bridgehead atoms. The predicted molar refractivity (Wildman–Crippen MR) is 72.5 cm³/mol. The van der Waals surface area contributed by atoms with Gasteiger partial charge >= 0.3 is 0 Å². The Labute approximate surface area is 118 Å². The maximum Gasteiger partial charge on any atom is 0.173 e. The lowest BCUT2D eigenvalue weighted by atomic mass is 10.0. The summed E-state index contributed by atoms with van der Waals surface area (Å²) < 4.78 is 28.5. The van der Waals surface area contributed by atoms with E-state index in [0.717, 1.165) is 11.9 Å². The van der Waals surface area contributed by atoms with E-state index in [-0.39, 0.29) is 10.5 Å². The number of aryl methyl sites for hydroxylation is 2. The largest absolute Gasteiger partial charge is 0.338 e. The maximum absolute atomic E-state index is 13.4. The lowest BCUT2D eigenvalue weighted by Gasteiger charge is -2.14. The van der Waals surface area contributed by atoms with Crippen LogP contribution in [0.3, 0.4) is 0 Å². The predicted octanol–water partition coefficient (Wildman–Crippen LogP) is 3.09. The summed E-state index contributed by atoms with van der Waals surface area (Å²) in [5.74, 6) is -0.869. The van der Waals surface area contributed by atoms with Gasteiger partial charge in [-0.15, -0.1) is 0 Å². The van der Waals surface area contributed by atoms with Crippen molar-refractivity contribution in [3.63, 3.8) is 0 Å². The topological polar surface area (TPSA) is 43.8 Å². The van der Waals surface area contributed by atoms with Gasteiger partial charge in [-0.05, 0) is 34.0 Å². The van der Waals surface area contributed by atoms with Crippen LogP contribution in [0.1, 0.15) is 23.9 Å². The summed E-state index contributed by atoms with van der Waals surface area (Å²) in [4.78, 5) is 4.20. The summed E-state index contributed by atoms with van der Waals surface area (Å²) in [6.07, 6.45) is 4.85. The molecule has 6 heteroatoms. The lowest BCUT2D eigenvalue weighted by Crippen LogP contribution is -2.14. The van der Waals surface area contributed by atoms with Crippen molar-refractivity contribution in [2.75, 3.05) is 0 Å². The van der Waals surface area contributed by atoms with Crippen LogP contribution in [-0.2, 0) is 13.5 Å². The van der Waals surface area contributed by atoms with Crippen LogP contribution in [0.5, 0.6) is 0 Å². The Morgan fingerprint density at radius 2 is 2.16 bits per heavy atom. The van der Waals surface area contributed by atoms with Gasteiger partial charge in [0, 0.05) is 31.9 Å². The molecule has 0 fully saturated rings. The first-order chi connectivity index (χ1) is 9.00. The Hall–Kier alpha value is -1.27. The molecule has 19 heavy (non-hydrogen) atoms. The lowest BCUT2D eigenvalue weighted by molar-refractivity contribution is 0.498.